The molecule has 1 fully saturated rings. The van der Waals surface area contributed by atoms with Crippen LogP contribution in [0.5, 0.6) is 0 Å². The Kier molecular flexibility index (Phi) is 4.54. The van der Waals surface area contributed by atoms with Gasteiger partial charge in [0.1, 0.15) is 9.84 Å². The second kappa shape index (κ2) is 6.34. The van der Waals surface area contributed by atoms with Crippen molar-refractivity contribution >= 4 is 9.84 Å². The van der Waals surface area contributed by atoms with E-state index in [1.807, 2.05) is 12.1 Å². The molecular formula is C20H25NO2S. The van der Waals surface area contributed by atoms with Gasteiger partial charge >= 0.3 is 0 Å². The summed E-state index contributed by atoms with van der Waals surface area (Å²) in [6, 6.07) is 21.1. The molecule has 1 saturated heterocycles. The van der Waals surface area contributed by atoms with Crippen molar-refractivity contribution in [2.24, 2.45) is 5.92 Å². The van der Waals surface area contributed by atoms with Crippen LogP contribution >= 0.6 is 0 Å². The zero-order chi connectivity index (χ0) is 17.4. The fourth-order valence-electron chi connectivity index (χ4n) is 3.70. The van der Waals surface area contributed by atoms with Crippen LogP contribution in [0, 0.1) is 5.92 Å². The Labute approximate surface area is 145 Å². The van der Waals surface area contributed by atoms with E-state index in [1.54, 1.807) is 0 Å². The van der Waals surface area contributed by atoms with Gasteiger partial charge in [-0.05, 0) is 25.0 Å². The van der Waals surface area contributed by atoms with Crippen molar-refractivity contribution in [3.05, 3.63) is 71.8 Å². The van der Waals surface area contributed by atoms with Crippen LogP contribution in [0.4, 0.5) is 0 Å². The Morgan fingerprint density at radius 1 is 1.00 bits per heavy atom. The van der Waals surface area contributed by atoms with E-state index in [4.69, 9.17) is 0 Å². The molecule has 2 aromatic carbocycles. The first-order chi connectivity index (χ1) is 11.3. The van der Waals surface area contributed by atoms with Crippen molar-refractivity contribution in [1.82, 2.24) is 4.90 Å². The minimum Gasteiger partial charge on any atom is -0.286 e. The zero-order valence-electron chi connectivity index (χ0n) is 14.5. The van der Waals surface area contributed by atoms with E-state index in [0.717, 1.165) is 6.54 Å². The highest BCUT2D eigenvalue weighted by atomic mass is 32.2. The Balaban J connectivity index is 1.94. The molecule has 1 aliphatic rings. The minimum atomic E-state index is -2.96. The number of hydrogen-bond donors (Lipinski definition) is 0. The van der Waals surface area contributed by atoms with E-state index >= 15 is 0 Å². The van der Waals surface area contributed by atoms with Crippen molar-refractivity contribution < 1.29 is 8.42 Å². The van der Waals surface area contributed by atoms with Gasteiger partial charge in [0, 0.05) is 24.3 Å². The molecule has 0 saturated carbocycles. The molecule has 128 valence electrons. The van der Waals surface area contributed by atoms with Gasteiger partial charge < -0.3 is 0 Å². The molecule has 2 aromatic rings. The van der Waals surface area contributed by atoms with Crippen LogP contribution in [0.3, 0.4) is 0 Å². The van der Waals surface area contributed by atoms with Gasteiger partial charge in [0.05, 0.1) is 11.8 Å². The van der Waals surface area contributed by atoms with Gasteiger partial charge in [-0.1, -0.05) is 60.7 Å². The van der Waals surface area contributed by atoms with E-state index in [9.17, 15) is 8.42 Å². The van der Waals surface area contributed by atoms with Crippen LogP contribution in [-0.4, -0.2) is 37.4 Å². The van der Waals surface area contributed by atoms with Crippen molar-refractivity contribution in [2.45, 2.75) is 25.4 Å². The topological polar surface area (TPSA) is 37.4 Å². The van der Waals surface area contributed by atoms with Crippen LogP contribution in [0.2, 0.25) is 0 Å². The molecule has 3 rings (SSSR count). The monoisotopic (exact) mass is 343 g/mol. The normalized spacial score (nSPS) is 20.8. The summed E-state index contributed by atoms with van der Waals surface area (Å²) in [5.74, 6) is 0.426. The third-order valence-electron chi connectivity index (χ3n) is 5.20. The van der Waals surface area contributed by atoms with Crippen molar-refractivity contribution in [1.29, 1.82) is 0 Å². The molecule has 1 unspecified atom stereocenters. The highest BCUT2D eigenvalue weighted by Gasteiger charge is 2.50. The van der Waals surface area contributed by atoms with Crippen LogP contribution < -0.4 is 0 Å². The number of sulfone groups is 1. The lowest BCUT2D eigenvalue weighted by atomic mass is 9.75. The fourth-order valence-corrected chi connectivity index (χ4v) is 4.95. The first-order valence-electron chi connectivity index (χ1n) is 8.33. The summed E-state index contributed by atoms with van der Waals surface area (Å²) in [6.45, 7) is 5.12. The van der Waals surface area contributed by atoms with Gasteiger partial charge in [-0.3, -0.25) is 4.90 Å². The van der Waals surface area contributed by atoms with Crippen LogP contribution in [0.1, 0.15) is 31.0 Å². The van der Waals surface area contributed by atoms with E-state index in [-0.39, 0.29) is 23.3 Å². The number of likely N-dealkylation sites (tertiary alicyclic amines) is 1. The highest BCUT2D eigenvalue weighted by Crippen LogP contribution is 2.45. The maximum atomic E-state index is 11.7. The van der Waals surface area contributed by atoms with E-state index in [1.165, 1.54) is 17.4 Å². The van der Waals surface area contributed by atoms with Crippen LogP contribution in [-0.2, 0) is 9.84 Å². The van der Waals surface area contributed by atoms with Gasteiger partial charge in [-0.15, -0.1) is 0 Å². The third-order valence-corrected chi connectivity index (χ3v) is 6.21. The summed E-state index contributed by atoms with van der Waals surface area (Å²) in [4.78, 5) is 2.42. The average molecular weight is 343 g/mol. The largest absolute Gasteiger partial charge is 0.286 e. The van der Waals surface area contributed by atoms with Gasteiger partial charge in [-0.2, -0.15) is 0 Å². The third kappa shape index (κ3) is 3.40. The lowest BCUT2D eigenvalue weighted by Crippen LogP contribution is -2.66. The molecule has 0 spiro atoms. The summed E-state index contributed by atoms with van der Waals surface area (Å²) in [7, 11) is -2.96. The molecule has 4 heteroatoms. The summed E-state index contributed by atoms with van der Waals surface area (Å²) in [6.07, 6.45) is 1.33. The van der Waals surface area contributed by atoms with E-state index in [2.05, 4.69) is 67.3 Å². The standard InChI is InChI=1S/C20H25NO2S/c1-20(2)18(15-24(3,22)23)14-21(20)19(16-10-6-4-7-11-16)17-12-8-5-9-13-17/h4-13,18-19H,14-15H2,1-3H3. The molecule has 24 heavy (non-hydrogen) atoms. The first-order valence-corrected chi connectivity index (χ1v) is 10.4. The molecule has 0 bridgehead atoms. The van der Waals surface area contributed by atoms with Gasteiger partial charge in [-0.25, -0.2) is 8.42 Å². The maximum Gasteiger partial charge on any atom is 0.147 e. The van der Waals surface area contributed by atoms with Gasteiger partial charge in [0.15, 0.2) is 0 Å². The Morgan fingerprint density at radius 2 is 1.46 bits per heavy atom. The molecule has 0 radical (unpaired) electrons. The smallest absolute Gasteiger partial charge is 0.147 e. The Hall–Kier alpha value is -1.65. The van der Waals surface area contributed by atoms with E-state index in [0.29, 0.717) is 0 Å². The van der Waals surface area contributed by atoms with Crippen LogP contribution in [0.15, 0.2) is 60.7 Å². The predicted molar refractivity (Wildman–Crippen MR) is 98.7 cm³/mol. The summed E-state index contributed by atoms with van der Waals surface area (Å²) in [5, 5.41) is 0. The van der Waals surface area contributed by atoms with E-state index < -0.39 is 9.84 Å². The molecule has 1 atom stereocenters. The predicted octanol–water partition coefficient (Wildman–Crippen LogP) is 3.53. The molecule has 1 heterocycles. The average Bonchev–Trinajstić information content (AvgIpc) is 2.55. The molecule has 0 aliphatic carbocycles. The number of hydrogen-bond acceptors (Lipinski definition) is 3. The summed E-state index contributed by atoms with van der Waals surface area (Å²) in [5.41, 5.74) is 2.34. The summed E-state index contributed by atoms with van der Waals surface area (Å²) >= 11 is 0. The lowest BCUT2D eigenvalue weighted by Gasteiger charge is -2.58. The quantitative estimate of drug-likeness (QED) is 0.833. The molecule has 3 nitrogen and oxygen atoms in total. The van der Waals surface area contributed by atoms with Crippen LogP contribution in [0.25, 0.3) is 0 Å². The Morgan fingerprint density at radius 3 is 1.83 bits per heavy atom. The highest BCUT2D eigenvalue weighted by molar-refractivity contribution is 7.90. The lowest BCUT2D eigenvalue weighted by molar-refractivity contribution is -0.0678. The molecule has 1 aliphatic heterocycles. The maximum absolute atomic E-state index is 11.7. The van der Waals surface area contributed by atoms with Gasteiger partial charge in [0.25, 0.3) is 0 Å². The zero-order valence-corrected chi connectivity index (χ0v) is 15.3. The SMILES string of the molecule is CC1(C)C(CS(C)(=O)=O)CN1C(c1ccccc1)c1ccccc1. The molecular weight excluding hydrogens is 318 g/mol. The fraction of sp³-hybridized carbons (Fsp3) is 0.400. The first kappa shape index (κ1) is 17.2. The molecule has 0 amide bonds. The summed E-state index contributed by atoms with van der Waals surface area (Å²) < 4.78 is 23.4. The molecule has 0 aromatic heterocycles. The second-order valence-electron chi connectivity index (χ2n) is 7.32. The Bertz CT molecular complexity index is 745. The number of nitrogens with zero attached hydrogens (tertiary/aromatic N) is 1. The molecule has 0 N–H and O–H groups in total. The number of rotatable bonds is 5. The minimum absolute atomic E-state index is 0.151. The van der Waals surface area contributed by atoms with Crippen molar-refractivity contribution in [3.63, 3.8) is 0 Å². The van der Waals surface area contributed by atoms with Gasteiger partial charge in [0.2, 0.25) is 0 Å². The van der Waals surface area contributed by atoms with Crippen molar-refractivity contribution in [3.8, 4) is 0 Å². The second-order valence-corrected chi connectivity index (χ2v) is 9.50. The number of benzene rings is 2. The van der Waals surface area contributed by atoms with Crippen molar-refractivity contribution in [2.75, 3.05) is 18.6 Å².